The molecule has 1 aliphatic rings. The number of piperidine rings is 1. The summed E-state index contributed by atoms with van der Waals surface area (Å²) in [6, 6.07) is 0. The molecule has 1 saturated heterocycles. The summed E-state index contributed by atoms with van der Waals surface area (Å²) in [5.74, 6) is 0. The van der Waals surface area contributed by atoms with Crippen LogP contribution in [0.25, 0.3) is 0 Å². The lowest BCUT2D eigenvalue weighted by molar-refractivity contribution is 0.284. The Morgan fingerprint density at radius 1 is 1.50 bits per heavy atom. The molecule has 2 nitrogen and oxygen atoms in total. The molecular weight excluding hydrogens is 120 g/mol. The van der Waals surface area contributed by atoms with Crippen LogP contribution in [0.1, 0.15) is 19.3 Å². The smallest absolute Gasteiger partial charge is 0.0668 e. The summed E-state index contributed by atoms with van der Waals surface area (Å²) in [5.41, 5.74) is 5.63. The van der Waals surface area contributed by atoms with E-state index in [4.69, 9.17) is 5.73 Å². The molecule has 0 unspecified atom stereocenters. The monoisotopic (exact) mass is 132 g/mol. The van der Waals surface area contributed by atoms with Gasteiger partial charge in [0, 0.05) is 6.54 Å². The molecule has 0 amide bonds. The molecule has 1 rings (SSSR count). The summed E-state index contributed by atoms with van der Waals surface area (Å²) < 4.78 is 1.91. The van der Waals surface area contributed by atoms with Crippen molar-refractivity contribution in [1.82, 2.24) is 4.31 Å². The summed E-state index contributed by atoms with van der Waals surface area (Å²) in [6.07, 6.45) is 3.81. The minimum absolute atomic E-state index is 0.201. The third-order valence-electron chi connectivity index (χ3n) is 1.52. The lowest BCUT2D eigenvalue weighted by atomic mass is 10.1. The minimum Gasteiger partial charge on any atom is -0.315 e. The Labute approximate surface area is 55.6 Å². The maximum Gasteiger partial charge on any atom is 0.0668 e. The van der Waals surface area contributed by atoms with Crippen molar-refractivity contribution in [2.24, 2.45) is 5.73 Å². The number of thiol groups is 1. The molecule has 2 N–H and O–H groups in total. The molecule has 1 atom stereocenters. The highest BCUT2D eigenvalue weighted by Crippen LogP contribution is 2.13. The van der Waals surface area contributed by atoms with Gasteiger partial charge in [-0.25, -0.2) is 4.31 Å². The predicted octanol–water partition coefficient (Wildman–Crippen LogP) is 0.602. The van der Waals surface area contributed by atoms with Gasteiger partial charge in [0.1, 0.15) is 0 Å². The van der Waals surface area contributed by atoms with Gasteiger partial charge in [0.25, 0.3) is 0 Å². The van der Waals surface area contributed by atoms with Crippen LogP contribution in [0, 0.1) is 0 Å². The van der Waals surface area contributed by atoms with Crippen LogP contribution in [0.4, 0.5) is 0 Å². The molecule has 0 aromatic rings. The Morgan fingerprint density at radius 3 is 2.62 bits per heavy atom. The molecular formula is C5H12N2S. The van der Waals surface area contributed by atoms with E-state index >= 15 is 0 Å². The van der Waals surface area contributed by atoms with Crippen molar-refractivity contribution in [1.29, 1.82) is 0 Å². The standard InChI is InChI=1S/C5H12N2S/c6-5-3-1-2-4-7(5)8/h5,8H,1-4,6H2/t5-/m0/s1. The Balaban J connectivity index is 2.28. The van der Waals surface area contributed by atoms with Crippen LogP contribution in [-0.4, -0.2) is 17.0 Å². The Kier molecular flexibility index (Phi) is 2.16. The Bertz CT molecular complexity index is 66.8. The number of nitrogens with zero attached hydrogens (tertiary/aromatic N) is 1. The van der Waals surface area contributed by atoms with Gasteiger partial charge in [-0.1, -0.05) is 12.8 Å². The van der Waals surface area contributed by atoms with E-state index in [1.165, 1.54) is 12.8 Å². The number of hydrogen-bond acceptors (Lipinski definition) is 3. The maximum absolute atomic E-state index is 5.63. The van der Waals surface area contributed by atoms with E-state index in [9.17, 15) is 0 Å². The molecule has 0 radical (unpaired) electrons. The maximum atomic E-state index is 5.63. The van der Waals surface area contributed by atoms with Crippen molar-refractivity contribution >= 4 is 12.8 Å². The van der Waals surface area contributed by atoms with E-state index < -0.39 is 0 Å². The molecule has 0 bridgehead atoms. The zero-order valence-corrected chi connectivity index (χ0v) is 5.77. The second-order valence-corrected chi connectivity index (χ2v) is 2.74. The van der Waals surface area contributed by atoms with Crippen molar-refractivity contribution in [3.63, 3.8) is 0 Å². The van der Waals surface area contributed by atoms with Crippen LogP contribution in [0.3, 0.4) is 0 Å². The first-order valence-electron chi connectivity index (χ1n) is 3.02. The fraction of sp³-hybridized carbons (Fsp3) is 1.00. The second-order valence-electron chi connectivity index (χ2n) is 2.23. The molecule has 3 heteroatoms. The van der Waals surface area contributed by atoms with Crippen LogP contribution < -0.4 is 5.73 Å². The molecule has 0 saturated carbocycles. The zero-order chi connectivity index (χ0) is 5.98. The molecule has 48 valence electrons. The topological polar surface area (TPSA) is 29.3 Å². The van der Waals surface area contributed by atoms with E-state index in [2.05, 4.69) is 12.8 Å². The Morgan fingerprint density at radius 2 is 2.25 bits per heavy atom. The zero-order valence-electron chi connectivity index (χ0n) is 4.88. The van der Waals surface area contributed by atoms with Crippen molar-refractivity contribution in [2.45, 2.75) is 25.4 Å². The summed E-state index contributed by atoms with van der Waals surface area (Å²) in [4.78, 5) is 0. The largest absolute Gasteiger partial charge is 0.315 e. The third kappa shape index (κ3) is 1.37. The first kappa shape index (κ1) is 6.39. The van der Waals surface area contributed by atoms with Gasteiger partial charge >= 0.3 is 0 Å². The van der Waals surface area contributed by atoms with Gasteiger partial charge in [0.15, 0.2) is 0 Å². The van der Waals surface area contributed by atoms with Crippen molar-refractivity contribution in [3.05, 3.63) is 0 Å². The summed E-state index contributed by atoms with van der Waals surface area (Å²) in [7, 11) is 0. The lowest BCUT2D eigenvalue weighted by Crippen LogP contribution is -2.39. The highest BCUT2D eigenvalue weighted by atomic mass is 32.1. The fourth-order valence-electron chi connectivity index (χ4n) is 0.942. The van der Waals surface area contributed by atoms with Crippen molar-refractivity contribution in [2.75, 3.05) is 6.54 Å². The Hall–Kier alpha value is 0.270. The highest BCUT2D eigenvalue weighted by molar-refractivity contribution is 7.77. The molecule has 0 aromatic heterocycles. The molecule has 1 fully saturated rings. The molecule has 8 heavy (non-hydrogen) atoms. The van der Waals surface area contributed by atoms with Gasteiger partial charge in [-0.2, -0.15) is 0 Å². The van der Waals surface area contributed by atoms with Gasteiger partial charge in [-0.3, -0.25) is 0 Å². The van der Waals surface area contributed by atoms with Crippen LogP contribution in [0.15, 0.2) is 0 Å². The summed E-state index contributed by atoms with van der Waals surface area (Å²) >= 11 is 4.16. The van der Waals surface area contributed by atoms with E-state index in [0.717, 1.165) is 13.0 Å². The minimum atomic E-state index is 0.201. The van der Waals surface area contributed by atoms with Crippen LogP contribution in [0.5, 0.6) is 0 Å². The molecule has 0 aromatic carbocycles. The summed E-state index contributed by atoms with van der Waals surface area (Å²) in [6.45, 7) is 1.05. The number of rotatable bonds is 0. The SMILES string of the molecule is N[C@@H]1CCCCN1S. The predicted molar refractivity (Wildman–Crippen MR) is 37.5 cm³/mol. The fourth-order valence-corrected chi connectivity index (χ4v) is 1.20. The third-order valence-corrected chi connectivity index (χ3v) is 2.02. The lowest BCUT2D eigenvalue weighted by Gasteiger charge is -2.27. The van der Waals surface area contributed by atoms with Gasteiger partial charge in [0.05, 0.1) is 6.17 Å². The van der Waals surface area contributed by atoms with E-state index in [-0.39, 0.29) is 6.17 Å². The first-order chi connectivity index (χ1) is 3.80. The highest BCUT2D eigenvalue weighted by Gasteiger charge is 2.13. The van der Waals surface area contributed by atoms with E-state index in [0.29, 0.717) is 0 Å². The van der Waals surface area contributed by atoms with Gasteiger partial charge in [0.2, 0.25) is 0 Å². The normalized spacial score (nSPS) is 33.0. The van der Waals surface area contributed by atoms with Crippen LogP contribution >= 0.6 is 12.8 Å². The molecule has 0 aliphatic carbocycles. The van der Waals surface area contributed by atoms with Gasteiger partial charge < -0.3 is 5.73 Å². The average Bonchev–Trinajstić information content (AvgIpc) is 1.77. The van der Waals surface area contributed by atoms with Crippen LogP contribution in [-0.2, 0) is 0 Å². The molecule has 1 aliphatic heterocycles. The number of hydrogen-bond donors (Lipinski definition) is 2. The second kappa shape index (κ2) is 2.71. The van der Waals surface area contributed by atoms with Gasteiger partial charge in [-0.15, -0.1) is 0 Å². The van der Waals surface area contributed by atoms with Gasteiger partial charge in [-0.05, 0) is 19.3 Å². The van der Waals surface area contributed by atoms with Crippen LogP contribution in [0.2, 0.25) is 0 Å². The molecule has 1 heterocycles. The van der Waals surface area contributed by atoms with E-state index in [1.54, 1.807) is 0 Å². The quantitative estimate of drug-likeness (QED) is 0.473. The molecule has 0 spiro atoms. The first-order valence-corrected chi connectivity index (χ1v) is 3.42. The van der Waals surface area contributed by atoms with E-state index in [1.807, 2.05) is 4.31 Å². The van der Waals surface area contributed by atoms with Crippen molar-refractivity contribution in [3.8, 4) is 0 Å². The van der Waals surface area contributed by atoms with Crippen molar-refractivity contribution < 1.29 is 0 Å². The number of nitrogens with two attached hydrogens (primary N) is 1. The summed E-state index contributed by atoms with van der Waals surface area (Å²) in [5, 5.41) is 0. The average molecular weight is 132 g/mol.